The summed E-state index contributed by atoms with van der Waals surface area (Å²) in [5.74, 6) is -0.551. The van der Waals surface area contributed by atoms with Crippen molar-refractivity contribution < 1.29 is 18.7 Å². The molecule has 3 aliphatic rings. The van der Waals surface area contributed by atoms with Crippen LogP contribution in [-0.2, 0) is 21.4 Å². The fraction of sp³-hybridized carbons (Fsp3) is 0.654. The van der Waals surface area contributed by atoms with Crippen molar-refractivity contribution in [2.75, 3.05) is 26.2 Å². The topological polar surface area (TPSA) is 112 Å². The van der Waals surface area contributed by atoms with Crippen LogP contribution in [0.1, 0.15) is 63.0 Å². The van der Waals surface area contributed by atoms with E-state index in [1.807, 2.05) is 6.92 Å². The third-order valence-corrected chi connectivity index (χ3v) is 8.04. The number of imidazole rings is 1. The molecule has 2 atom stereocenters. The fourth-order valence-corrected chi connectivity index (χ4v) is 6.04. The van der Waals surface area contributed by atoms with Gasteiger partial charge in [-0.05, 0) is 56.6 Å². The number of piperidine rings is 1. The van der Waals surface area contributed by atoms with Crippen LogP contribution in [0.25, 0.3) is 11.0 Å². The molecule has 0 radical (unpaired) electrons. The molecule has 3 heterocycles. The molecule has 196 valence electrons. The maximum Gasteiger partial charge on any atom is 0.329 e. The van der Waals surface area contributed by atoms with Gasteiger partial charge in [-0.25, -0.2) is 9.18 Å². The molecule has 1 aliphatic carbocycles. The molecule has 9 nitrogen and oxygen atoms in total. The summed E-state index contributed by atoms with van der Waals surface area (Å²) in [4.78, 5) is 39.3. The lowest BCUT2D eigenvalue weighted by Gasteiger charge is -2.42. The van der Waals surface area contributed by atoms with Crippen molar-refractivity contribution in [3.63, 3.8) is 0 Å². The minimum Gasteiger partial charge on any atom is -0.377 e. The van der Waals surface area contributed by atoms with Gasteiger partial charge in [-0.15, -0.1) is 0 Å². The number of halogens is 1. The molecule has 2 amide bonds. The highest BCUT2D eigenvalue weighted by Gasteiger charge is 2.35. The molecular formula is C26H36FN5O4. The summed E-state index contributed by atoms with van der Waals surface area (Å²) in [5.41, 5.74) is 6.55. The lowest BCUT2D eigenvalue weighted by atomic mass is 9.84. The van der Waals surface area contributed by atoms with E-state index in [0.717, 1.165) is 45.3 Å². The number of hydrogen-bond acceptors (Lipinski definition) is 6. The van der Waals surface area contributed by atoms with E-state index in [0.29, 0.717) is 29.7 Å². The third-order valence-electron chi connectivity index (χ3n) is 8.04. The van der Waals surface area contributed by atoms with E-state index >= 15 is 4.39 Å². The smallest absolute Gasteiger partial charge is 0.329 e. The number of nitrogens with two attached hydrogens (primary N) is 1. The van der Waals surface area contributed by atoms with E-state index < -0.39 is 23.5 Å². The highest BCUT2D eigenvalue weighted by Crippen LogP contribution is 2.35. The Kier molecular flexibility index (Phi) is 7.02. The first-order valence-corrected chi connectivity index (χ1v) is 13.1. The van der Waals surface area contributed by atoms with Gasteiger partial charge in [0.25, 0.3) is 0 Å². The maximum absolute atomic E-state index is 15.7. The zero-order valence-corrected chi connectivity index (χ0v) is 21.0. The second-order valence-electron chi connectivity index (χ2n) is 10.9. The average Bonchev–Trinajstić information content (AvgIpc) is 3.07. The molecule has 3 fully saturated rings. The first-order chi connectivity index (χ1) is 17.2. The van der Waals surface area contributed by atoms with E-state index in [4.69, 9.17) is 10.5 Å². The minimum atomic E-state index is -0.817. The normalized spacial score (nSPS) is 26.7. The Balaban J connectivity index is 1.23. The average molecular weight is 502 g/mol. The van der Waals surface area contributed by atoms with Crippen LogP contribution in [-0.4, -0.2) is 64.2 Å². The minimum absolute atomic E-state index is 0.0683. The van der Waals surface area contributed by atoms with Gasteiger partial charge in [0.15, 0.2) is 5.82 Å². The van der Waals surface area contributed by atoms with Crippen LogP contribution in [0.5, 0.6) is 0 Å². The number of nitrogens with zero attached hydrogens (tertiary/aromatic N) is 3. The molecule has 2 saturated heterocycles. The fourth-order valence-electron chi connectivity index (χ4n) is 6.04. The quantitative estimate of drug-likeness (QED) is 0.560. The number of amides is 2. The number of imide groups is 1. The molecule has 2 aliphatic heterocycles. The number of benzene rings is 1. The molecule has 2 aromatic rings. The summed E-state index contributed by atoms with van der Waals surface area (Å²) >= 11 is 0. The van der Waals surface area contributed by atoms with Gasteiger partial charge in [0.1, 0.15) is 11.6 Å². The summed E-state index contributed by atoms with van der Waals surface area (Å²) < 4.78 is 24.2. The number of fused-ring (bicyclic) bond motifs is 1. The molecule has 1 saturated carbocycles. The van der Waals surface area contributed by atoms with Crippen molar-refractivity contribution >= 4 is 22.8 Å². The molecule has 10 heteroatoms. The number of carbonyl (C=O) groups excluding carboxylic acids is 2. The summed E-state index contributed by atoms with van der Waals surface area (Å²) in [5, 5.41) is 2.28. The summed E-state index contributed by atoms with van der Waals surface area (Å²) in [7, 11) is 1.53. The molecule has 1 aromatic carbocycles. The van der Waals surface area contributed by atoms with Gasteiger partial charge in [-0.1, -0.05) is 6.07 Å². The lowest BCUT2D eigenvalue weighted by Crippen LogP contribution is -2.48. The van der Waals surface area contributed by atoms with E-state index in [-0.39, 0.29) is 36.2 Å². The standard InChI is InChI=1S/C26H36FN5O4/c1-15(28)14-36-18-5-3-16(4-6-18)11-31-12-17(13-31)19-7-8-20-24(23(19)27)30(2)26(35)32(20)21-9-10-22(33)29-25(21)34/h7-8,15-18,21H,3-6,9-14,28H2,1-2H3,(H,29,33,34). The Labute approximate surface area is 209 Å². The van der Waals surface area contributed by atoms with Crippen molar-refractivity contribution in [1.29, 1.82) is 0 Å². The number of likely N-dealkylation sites (tertiary alicyclic amines) is 1. The Morgan fingerprint density at radius 1 is 1.14 bits per heavy atom. The summed E-state index contributed by atoms with van der Waals surface area (Å²) in [6.07, 6.45) is 5.11. The first kappa shape index (κ1) is 25.1. The first-order valence-electron chi connectivity index (χ1n) is 13.1. The van der Waals surface area contributed by atoms with E-state index in [2.05, 4.69) is 10.2 Å². The maximum atomic E-state index is 15.7. The predicted octanol–water partition coefficient (Wildman–Crippen LogP) is 1.78. The zero-order chi connectivity index (χ0) is 25.6. The largest absolute Gasteiger partial charge is 0.377 e. The van der Waals surface area contributed by atoms with Crippen LogP contribution in [0.15, 0.2) is 16.9 Å². The number of ether oxygens (including phenoxy) is 1. The molecule has 5 rings (SSSR count). The molecule has 36 heavy (non-hydrogen) atoms. The molecular weight excluding hydrogens is 465 g/mol. The lowest BCUT2D eigenvalue weighted by molar-refractivity contribution is -0.135. The van der Waals surface area contributed by atoms with Crippen molar-refractivity contribution in [2.24, 2.45) is 18.7 Å². The van der Waals surface area contributed by atoms with E-state index in [1.165, 1.54) is 16.2 Å². The molecule has 2 unspecified atom stereocenters. The van der Waals surface area contributed by atoms with Gasteiger partial charge in [0, 0.05) is 45.1 Å². The van der Waals surface area contributed by atoms with Gasteiger partial charge in [-0.3, -0.25) is 24.0 Å². The number of hydrogen-bond donors (Lipinski definition) is 2. The number of nitrogens with one attached hydrogen (secondary N) is 1. The second kappa shape index (κ2) is 10.1. The van der Waals surface area contributed by atoms with Gasteiger partial charge in [-0.2, -0.15) is 0 Å². The third kappa shape index (κ3) is 4.73. The van der Waals surface area contributed by atoms with Crippen molar-refractivity contribution in [3.8, 4) is 0 Å². The number of aromatic nitrogens is 2. The van der Waals surface area contributed by atoms with E-state index in [1.54, 1.807) is 12.1 Å². The number of aryl methyl sites for hydroxylation is 1. The Bertz CT molecular complexity index is 1210. The van der Waals surface area contributed by atoms with Crippen LogP contribution in [0.4, 0.5) is 4.39 Å². The van der Waals surface area contributed by atoms with Crippen molar-refractivity contribution in [3.05, 3.63) is 34.0 Å². The van der Waals surface area contributed by atoms with Gasteiger partial charge < -0.3 is 15.4 Å². The van der Waals surface area contributed by atoms with Gasteiger partial charge in [0.2, 0.25) is 11.8 Å². The molecule has 1 aromatic heterocycles. The second-order valence-corrected chi connectivity index (χ2v) is 10.9. The number of carbonyl (C=O) groups is 2. The van der Waals surface area contributed by atoms with Crippen LogP contribution in [0, 0.1) is 11.7 Å². The zero-order valence-electron chi connectivity index (χ0n) is 21.0. The number of rotatable bonds is 7. The van der Waals surface area contributed by atoms with Gasteiger partial charge in [0.05, 0.1) is 18.2 Å². The van der Waals surface area contributed by atoms with Crippen LogP contribution >= 0.6 is 0 Å². The Hall–Kier alpha value is -2.56. The van der Waals surface area contributed by atoms with Crippen LogP contribution < -0.4 is 16.7 Å². The Morgan fingerprint density at radius 3 is 2.53 bits per heavy atom. The van der Waals surface area contributed by atoms with Crippen LogP contribution in [0.3, 0.4) is 0 Å². The predicted molar refractivity (Wildman–Crippen MR) is 133 cm³/mol. The van der Waals surface area contributed by atoms with Crippen molar-refractivity contribution in [1.82, 2.24) is 19.4 Å². The highest BCUT2D eigenvalue weighted by atomic mass is 19.1. The van der Waals surface area contributed by atoms with E-state index in [9.17, 15) is 14.4 Å². The summed E-state index contributed by atoms with van der Waals surface area (Å²) in [6.45, 7) is 5.18. The van der Waals surface area contributed by atoms with Crippen LogP contribution in [0.2, 0.25) is 0 Å². The van der Waals surface area contributed by atoms with Gasteiger partial charge >= 0.3 is 5.69 Å². The molecule has 0 bridgehead atoms. The SMILES string of the molecule is CC(N)COC1CCC(CN2CC(c3ccc4c(c3F)n(C)c(=O)n4C3CCC(=O)NC3=O)C2)CC1. The Morgan fingerprint density at radius 2 is 1.86 bits per heavy atom. The molecule has 0 spiro atoms. The van der Waals surface area contributed by atoms with Crippen molar-refractivity contribution in [2.45, 2.75) is 69.6 Å². The monoisotopic (exact) mass is 501 g/mol. The molecule has 3 N–H and O–H groups in total. The highest BCUT2D eigenvalue weighted by molar-refractivity contribution is 6.00. The summed E-state index contributed by atoms with van der Waals surface area (Å²) in [6, 6.07) is 2.74.